The highest BCUT2D eigenvalue weighted by Crippen LogP contribution is 2.30. The molecular weight excluding hydrogens is 308 g/mol. The number of nitrogens with one attached hydrogen (secondary N) is 1. The average Bonchev–Trinajstić information content (AvgIpc) is 2.49. The highest BCUT2D eigenvalue weighted by atomic mass is 32.2. The predicted octanol–water partition coefficient (Wildman–Crippen LogP) is 0.224. The van der Waals surface area contributed by atoms with E-state index in [-0.39, 0.29) is 12.5 Å². The van der Waals surface area contributed by atoms with Gasteiger partial charge in [0.15, 0.2) is 11.5 Å². The van der Waals surface area contributed by atoms with Gasteiger partial charge in [-0.3, -0.25) is 4.79 Å². The second-order valence-electron chi connectivity index (χ2n) is 5.09. The number of nitrogens with zero attached hydrogens (tertiary/aromatic N) is 1. The molecule has 1 heterocycles. The number of sulfonamides is 1. The maximum Gasteiger partial charge on any atom is 0.264 e. The summed E-state index contributed by atoms with van der Waals surface area (Å²) in [5.74, 6) is 0.906. The van der Waals surface area contributed by atoms with E-state index in [0.717, 1.165) is 6.26 Å². The first kappa shape index (κ1) is 16.6. The first-order chi connectivity index (χ1) is 10.4. The standard InChI is InChI=1S/C14H20N2O5S/c1-16(22(2,18)19)9-5-8-15-14(17)13-10-20-11-6-3-4-7-12(11)21-13/h3-4,6-7,13H,5,8-10H2,1-2H3,(H,15,17)/t13-/m1/s1. The Balaban J connectivity index is 1.75. The van der Waals surface area contributed by atoms with Gasteiger partial charge in [0.05, 0.1) is 6.26 Å². The van der Waals surface area contributed by atoms with Crippen molar-refractivity contribution in [2.75, 3.05) is 33.0 Å². The highest BCUT2D eigenvalue weighted by molar-refractivity contribution is 7.88. The Morgan fingerprint density at radius 2 is 2.05 bits per heavy atom. The molecule has 1 aromatic rings. The van der Waals surface area contributed by atoms with Crippen LogP contribution in [0.1, 0.15) is 6.42 Å². The summed E-state index contributed by atoms with van der Waals surface area (Å²) in [6.45, 7) is 0.885. The van der Waals surface area contributed by atoms with Crippen LogP contribution in [0.5, 0.6) is 11.5 Å². The van der Waals surface area contributed by atoms with Gasteiger partial charge in [-0.05, 0) is 18.6 Å². The van der Waals surface area contributed by atoms with Gasteiger partial charge in [-0.1, -0.05) is 12.1 Å². The lowest BCUT2D eigenvalue weighted by molar-refractivity contribution is -0.130. The molecule has 2 rings (SSSR count). The summed E-state index contributed by atoms with van der Waals surface area (Å²) in [6.07, 6.45) is 0.984. The summed E-state index contributed by atoms with van der Waals surface area (Å²) in [7, 11) is -1.68. The Hall–Kier alpha value is -1.80. The van der Waals surface area contributed by atoms with Crippen LogP contribution < -0.4 is 14.8 Å². The lowest BCUT2D eigenvalue weighted by atomic mass is 10.2. The number of carbonyl (C=O) groups excluding carboxylic acids is 1. The molecule has 1 atom stereocenters. The van der Waals surface area contributed by atoms with E-state index in [4.69, 9.17) is 9.47 Å². The van der Waals surface area contributed by atoms with Crippen LogP contribution in [-0.4, -0.2) is 57.7 Å². The average molecular weight is 328 g/mol. The zero-order valence-electron chi connectivity index (χ0n) is 12.6. The van der Waals surface area contributed by atoms with Gasteiger partial charge in [0.1, 0.15) is 6.61 Å². The van der Waals surface area contributed by atoms with Crippen molar-refractivity contribution in [3.63, 3.8) is 0 Å². The number of carbonyl (C=O) groups is 1. The largest absolute Gasteiger partial charge is 0.485 e. The van der Waals surface area contributed by atoms with Gasteiger partial charge in [-0.15, -0.1) is 0 Å². The molecule has 1 aliphatic rings. The number of rotatable bonds is 6. The highest BCUT2D eigenvalue weighted by Gasteiger charge is 2.26. The maximum atomic E-state index is 12.0. The van der Waals surface area contributed by atoms with Gasteiger partial charge in [0.2, 0.25) is 16.1 Å². The summed E-state index contributed by atoms with van der Waals surface area (Å²) < 4.78 is 34.8. The minimum absolute atomic E-state index is 0.159. The first-order valence-electron chi connectivity index (χ1n) is 6.95. The smallest absolute Gasteiger partial charge is 0.264 e. The molecule has 0 fully saturated rings. The van der Waals surface area contributed by atoms with Crippen LogP contribution in [0.4, 0.5) is 0 Å². The van der Waals surface area contributed by atoms with Gasteiger partial charge in [0, 0.05) is 20.1 Å². The lowest BCUT2D eigenvalue weighted by Crippen LogP contribution is -2.44. The number of ether oxygens (including phenoxy) is 2. The third-order valence-corrected chi connectivity index (χ3v) is 4.63. The van der Waals surface area contributed by atoms with Crippen molar-refractivity contribution in [3.05, 3.63) is 24.3 Å². The fraction of sp³-hybridized carbons (Fsp3) is 0.500. The van der Waals surface area contributed by atoms with E-state index in [9.17, 15) is 13.2 Å². The molecule has 0 saturated carbocycles. The van der Waals surface area contributed by atoms with Crippen LogP contribution in [0.2, 0.25) is 0 Å². The van der Waals surface area contributed by atoms with Crippen LogP contribution in [0.3, 0.4) is 0 Å². The fourth-order valence-electron chi connectivity index (χ4n) is 1.94. The van der Waals surface area contributed by atoms with Crippen molar-refractivity contribution in [2.24, 2.45) is 0 Å². The minimum atomic E-state index is -3.18. The Morgan fingerprint density at radius 3 is 2.73 bits per heavy atom. The number of fused-ring (bicyclic) bond motifs is 1. The van der Waals surface area contributed by atoms with Crippen LogP contribution in [0.15, 0.2) is 24.3 Å². The van der Waals surface area contributed by atoms with Crippen LogP contribution in [0, 0.1) is 0 Å². The van der Waals surface area contributed by atoms with Crippen LogP contribution >= 0.6 is 0 Å². The molecule has 0 radical (unpaired) electrons. The molecule has 0 aliphatic carbocycles. The molecule has 1 aliphatic heterocycles. The number of hydrogen-bond acceptors (Lipinski definition) is 5. The normalized spacial score (nSPS) is 17.3. The Morgan fingerprint density at radius 1 is 1.36 bits per heavy atom. The molecular formula is C14H20N2O5S. The van der Waals surface area contributed by atoms with Gasteiger partial charge >= 0.3 is 0 Å². The van der Waals surface area contributed by atoms with Crippen molar-refractivity contribution in [1.82, 2.24) is 9.62 Å². The second-order valence-corrected chi connectivity index (χ2v) is 7.18. The molecule has 1 amide bonds. The Kier molecular flexibility index (Phi) is 5.25. The van der Waals surface area contributed by atoms with E-state index < -0.39 is 16.1 Å². The van der Waals surface area contributed by atoms with E-state index in [1.165, 1.54) is 11.4 Å². The van der Waals surface area contributed by atoms with Crippen molar-refractivity contribution in [3.8, 4) is 11.5 Å². The predicted molar refractivity (Wildman–Crippen MR) is 81.5 cm³/mol. The zero-order chi connectivity index (χ0) is 16.2. The van der Waals surface area contributed by atoms with E-state index >= 15 is 0 Å². The number of benzene rings is 1. The molecule has 0 bridgehead atoms. The number of amides is 1. The summed E-state index contributed by atoms with van der Waals surface area (Å²) in [4.78, 5) is 12.0. The number of para-hydroxylation sites is 2. The molecule has 122 valence electrons. The third kappa shape index (κ3) is 4.35. The Bertz CT molecular complexity index is 632. The SMILES string of the molecule is CN(CCCNC(=O)[C@H]1COc2ccccc2O1)S(C)(=O)=O. The fourth-order valence-corrected chi connectivity index (χ4v) is 2.40. The second kappa shape index (κ2) is 6.97. The van der Waals surface area contributed by atoms with Gasteiger partial charge < -0.3 is 14.8 Å². The summed E-state index contributed by atoms with van der Waals surface area (Å²) in [5.41, 5.74) is 0. The molecule has 22 heavy (non-hydrogen) atoms. The molecule has 0 unspecified atom stereocenters. The van der Waals surface area contributed by atoms with E-state index in [2.05, 4.69) is 5.32 Å². The monoisotopic (exact) mass is 328 g/mol. The Labute approximate surface area is 130 Å². The molecule has 7 nitrogen and oxygen atoms in total. The molecule has 8 heteroatoms. The quantitative estimate of drug-likeness (QED) is 0.755. The van der Waals surface area contributed by atoms with Gasteiger partial charge in [0.25, 0.3) is 5.91 Å². The van der Waals surface area contributed by atoms with Crippen molar-refractivity contribution >= 4 is 15.9 Å². The van der Waals surface area contributed by atoms with Gasteiger partial charge in [-0.2, -0.15) is 0 Å². The van der Waals surface area contributed by atoms with Crippen molar-refractivity contribution in [1.29, 1.82) is 0 Å². The van der Waals surface area contributed by atoms with Crippen molar-refractivity contribution < 1.29 is 22.7 Å². The topological polar surface area (TPSA) is 84.9 Å². The molecule has 1 aromatic carbocycles. The number of hydrogen-bond donors (Lipinski definition) is 1. The van der Waals surface area contributed by atoms with Crippen molar-refractivity contribution in [2.45, 2.75) is 12.5 Å². The molecule has 0 spiro atoms. The van der Waals surface area contributed by atoms with E-state index in [1.54, 1.807) is 12.1 Å². The van der Waals surface area contributed by atoms with Crippen LogP contribution in [0.25, 0.3) is 0 Å². The molecule has 0 saturated heterocycles. The summed E-state index contributed by atoms with van der Waals surface area (Å²) >= 11 is 0. The first-order valence-corrected chi connectivity index (χ1v) is 8.80. The van der Waals surface area contributed by atoms with Crippen LogP contribution in [-0.2, 0) is 14.8 Å². The zero-order valence-corrected chi connectivity index (χ0v) is 13.4. The summed E-state index contributed by atoms with van der Waals surface area (Å²) in [5, 5.41) is 2.72. The van der Waals surface area contributed by atoms with E-state index in [0.29, 0.717) is 31.0 Å². The van der Waals surface area contributed by atoms with Gasteiger partial charge in [-0.25, -0.2) is 12.7 Å². The third-order valence-electron chi connectivity index (χ3n) is 3.32. The van der Waals surface area contributed by atoms with E-state index in [1.807, 2.05) is 12.1 Å². The lowest BCUT2D eigenvalue weighted by Gasteiger charge is -2.25. The maximum absolute atomic E-state index is 12.0. The molecule has 1 N–H and O–H groups in total. The molecule has 0 aromatic heterocycles. The minimum Gasteiger partial charge on any atom is -0.485 e. The summed E-state index contributed by atoms with van der Waals surface area (Å²) in [6, 6.07) is 7.17.